The first-order valence-corrected chi connectivity index (χ1v) is 9.25. The van der Waals surface area contributed by atoms with E-state index in [1.807, 2.05) is 30.3 Å². The van der Waals surface area contributed by atoms with Crippen LogP contribution in [0.25, 0.3) is 10.9 Å². The van der Waals surface area contributed by atoms with E-state index in [0.29, 0.717) is 10.7 Å². The summed E-state index contributed by atoms with van der Waals surface area (Å²) in [5, 5.41) is 15.3. The SMILES string of the molecule is CON(C)C(=O)[C@H](O)[C@@H](Cc1ccccc1)NC(=O)c1cc2cc(Cl)ncc2[nH]1. The van der Waals surface area contributed by atoms with E-state index in [9.17, 15) is 14.7 Å². The lowest BCUT2D eigenvalue weighted by Gasteiger charge is -2.26. The number of carbonyl (C=O) groups is 2. The number of nitrogens with one attached hydrogen (secondary N) is 2. The Morgan fingerprint density at radius 3 is 2.72 bits per heavy atom. The molecule has 29 heavy (non-hydrogen) atoms. The maximum Gasteiger partial charge on any atom is 0.276 e. The fourth-order valence-corrected chi connectivity index (χ4v) is 3.10. The Labute approximate surface area is 172 Å². The monoisotopic (exact) mass is 416 g/mol. The minimum atomic E-state index is -1.50. The van der Waals surface area contributed by atoms with Gasteiger partial charge in [-0.05, 0) is 24.1 Å². The molecule has 0 spiro atoms. The number of aliphatic hydroxyl groups excluding tert-OH is 1. The second-order valence-electron chi connectivity index (χ2n) is 6.51. The van der Waals surface area contributed by atoms with Crippen LogP contribution in [0.2, 0.25) is 5.15 Å². The van der Waals surface area contributed by atoms with Crippen molar-refractivity contribution in [1.82, 2.24) is 20.3 Å². The average molecular weight is 417 g/mol. The van der Waals surface area contributed by atoms with E-state index < -0.39 is 24.0 Å². The third-order valence-corrected chi connectivity index (χ3v) is 4.76. The molecule has 8 nitrogen and oxygen atoms in total. The second kappa shape index (κ2) is 9.04. The number of pyridine rings is 1. The number of rotatable bonds is 7. The van der Waals surface area contributed by atoms with Crippen molar-refractivity contribution in [2.45, 2.75) is 18.6 Å². The predicted molar refractivity (Wildman–Crippen MR) is 108 cm³/mol. The molecule has 152 valence electrons. The maximum absolute atomic E-state index is 12.8. The number of H-pyrrole nitrogens is 1. The highest BCUT2D eigenvalue weighted by atomic mass is 35.5. The molecule has 0 bridgehead atoms. The van der Waals surface area contributed by atoms with Gasteiger partial charge in [0, 0.05) is 12.4 Å². The Kier molecular flexibility index (Phi) is 6.48. The Morgan fingerprint density at radius 2 is 2.03 bits per heavy atom. The molecule has 0 aliphatic carbocycles. The largest absolute Gasteiger partial charge is 0.381 e. The minimum absolute atomic E-state index is 0.255. The first-order chi connectivity index (χ1) is 13.9. The molecule has 0 aliphatic heterocycles. The van der Waals surface area contributed by atoms with Crippen LogP contribution in [0.3, 0.4) is 0 Å². The molecule has 3 aromatic rings. The van der Waals surface area contributed by atoms with Crippen LogP contribution in [-0.4, -0.2) is 58.3 Å². The van der Waals surface area contributed by atoms with Crippen LogP contribution in [0.5, 0.6) is 0 Å². The molecule has 9 heteroatoms. The molecular weight excluding hydrogens is 396 g/mol. The van der Waals surface area contributed by atoms with Gasteiger partial charge >= 0.3 is 0 Å². The Hall–Kier alpha value is -2.94. The fraction of sp³-hybridized carbons (Fsp3) is 0.250. The second-order valence-corrected chi connectivity index (χ2v) is 6.90. The molecule has 0 aliphatic rings. The standard InChI is InChI=1S/C20H21ClN4O4/c1-25(29-2)20(28)18(26)14(8-12-6-4-3-5-7-12)24-19(27)15-9-13-10-17(21)22-11-16(13)23-15/h3-7,9-11,14,18,23,26H,8H2,1-2H3,(H,24,27)/t14-,18-/m1/s1. The number of likely N-dealkylation sites (N-methyl/N-ethyl adjacent to an activating group) is 1. The average Bonchev–Trinajstić information content (AvgIpc) is 3.15. The number of carbonyl (C=O) groups excluding carboxylic acids is 2. The molecule has 2 aromatic heterocycles. The molecule has 2 amide bonds. The number of hydroxylamine groups is 2. The quantitative estimate of drug-likeness (QED) is 0.403. The number of aliphatic hydroxyl groups is 1. The van der Waals surface area contributed by atoms with Gasteiger partial charge in [-0.25, -0.2) is 10.0 Å². The van der Waals surface area contributed by atoms with E-state index >= 15 is 0 Å². The number of aromatic nitrogens is 2. The zero-order chi connectivity index (χ0) is 21.0. The van der Waals surface area contributed by atoms with Crippen LogP contribution >= 0.6 is 11.6 Å². The van der Waals surface area contributed by atoms with Gasteiger partial charge in [-0.1, -0.05) is 41.9 Å². The molecule has 2 heterocycles. The fourth-order valence-electron chi connectivity index (χ4n) is 2.93. The van der Waals surface area contributed by atoms with Gasteiger partial charge in [0.1, 0.15) is 10.8 Å². The molecule has 0 radical (unpaired) electrons. The van der Waals surface area contributed by atoms with Crippen LogP contribution in [-0.2, 0) is 16.1 Å². The van der Waals surface area contributed by atoms with Crippen molar-refractivity contribution in [1.29, 1.82) is 0 Å². The first-order valence-electron chi connectivity index (χ1n) is 8.88. The van der Waals surface area contributed by atoms with Crippen molar-refractivity contribution in [3.8, 4) is 0 Å². The van der Waals surface area contributed by atoms with Crippen molar-refractivity contribution in [3.05, 3.63) is 65.1 Å². The van der Waals surface area contributed by atoms with Gasteiger partial charge in [-0.2, -0.15) is 0 Å². The third kappa shape index (κ3) is 4.92. The number of hydrogen-bond acceptors (Lipinski definition) is 5. The normalized spacial score (nSPS) is 13.1. The predicted octanol–water partition coefficient (Wildman–Crippen LogP) is 1.94. The van der Waals surface area contributed by atoms with Gasteiger partial charge in [-0.15, -0.1) is 0 Å². The first kappa shape index (κ1) is 20.8. The van der Waals surface area contributed by atoms with Crippen LogP contribution in [0.4, 0.5) is 0 Å². The molecule has 0 saturated heterocycles. The lowest BCUT2D eigenvalue weighted by molar-refractivity contribution is -0.179. The van der Waals surface area contributed by atoms with Crippen LogP contribution in [0, 0.1) is 0 Å². The van der Waals surface area contributed by atoms with Gasteiger partial charge in [0.25, 0.3) is 11.8 Å². The minimum Gasteiger partial charge on any atom is -0.381 e. The van der Waals surface area contributed by atoms with Gasteiger partial charge in [0.2, 0.25) is 0 Å². The highest BCUT2D eigenvalue weighted by molar-refractivity contribution is 6.30. The molecule has 2 atom stereocenters. The Morgan fingerprint density at radius 1 is 1.31 bits per heavy atom. The zero-order valence-corrected chi connectivity index (χ0v) is 16.7. The van der Waals surface area contributed by atoms with Crippen LogP contribution in [0.15, 0.2) is 48.7 Å². The van der Waals surface area contributed by atoms with E-state index in [4.69, 9.17) is 16.4 Å². The summed E-state index contributed by atoms with van der Waals surface area (Å²) < 4.78 is 0. The summed E-state index contributed by atoms with van der Waals surface area (Å²) in [6, 6.07) is 11.7. The molecule has 0 fully saturated rings. The molecule has 1 aromatic carbocycles. The van der Waals surface area contributed by atoms with Gasteiger partial charge in [0.05, 0.1) is 24.9 Å². The Bertz CT molecular complexity index is 1010. The van der Waals surface area contributed by atoms with Crippen LogP contribution < -0.4 is 5.32 Å². The number of aromatic amines is 1. The molecule has 3 N–H and O–H groups in total. The zero-order valence-electron chi connectivity index (χ0n) is 15.9. The summed E-state index contributed by atoms with van der Waals surface area (Å²) in [6.07, 6.45) is 0.288. The van der Waals surface area contributed by atoms with Crippen LogP contribution in [0.1, 0.15) is 16.1 Å². The van der Waals surface area contributed by atoms with Crippen molar-refractivity contribution in [2.24, 2.45) is 0 Å². The maximum atomic E-state index is 12.8. The van der Waals surface area contributed by atoms with Crippen molar-refractivity contribution in [2.75, 3.05) is 14.2 Å². The van der Waals surface area contributed by atoms with E-state index in [1.54, 1.807) is 12.1 Å². The molecular formula is C20H21ClN4O4. The summed E-state index contributed by atoms with van der Waals surface area (Å²) in [7, 11) is 2.71. The summed E-state index contributed by atoms with van der Waals surface area (Å²) in [4.78, 5) is 37.0. The number of fused-ring (bicyclic) bond motifs is 1. The summed E-state index contributed by atoms with van der Waals surface area (Å²) in [5.41, 5.74) is 1.77. The van der Waals surface area contributed by atoms with Gasteiger partial charge < -0.3 is 15.4 Å². The number of nitrogens with zero attached hydrogens (tertiary/aromatic N) is 2. The lowest BCUT2D eigenvalue weighted by atomic mass is 10.0. The number of amides is 2. The van der Waals surface area contributed by atoms with Gasteiger partial charge in [0.15, 0.2) is 6.10 Å². The van der Waals surface area contributed by atoms with Crippen molar-refractivity contribution in [3.63, 3.8) is 0 Å². The van der Waals surface area contributed by atoms with E-state index in [-0.39, 0.29) is 12.1 Å². The highest BCUT2D eigenvalue weighted by Crippen LogP contribution is 2.18. The molecule has 0 saturated carbocycles. The smallest absolute Gasteiger partial charge is 0.276 e. The lowest BCUT2D eigenvalue weighted by Crippen LogP contribution is -2.51. The number of halogens is 1. The van der Waals surface area contributed by atoms with Crippen molar-refractivity contribution >= 4 is 34.3 Å². The van der Waals surface area contributed by atoms with Gasteiger partial charge in [-0.3, -0.25) is 14.4 Å². The third-order valence-electron chi connectivity index (χ3n) is 4.55. The summed E-state index contributed by atoms with van der Waals surface area (Å²) in [5.74, 6) is -1.13. The van der Waals surface area contributed by atoms with E-state index in [1.165, 1.54) is 20.4 Å². The van der Waals surface area contributed by atoms with Crippen molar-refractivity contribution < 1.29 is 19.5 Å². The summed E-state index contributed by atoms with van der Waals surface area (Å²) >= 11 is 5.89. The number of benzene rings is 1. The van der Waals surface area contributed by atoms with E-state index in [0.717, 1.165) is 16.0 Å². The number of hydrogen-bond donors (Lipinski definition) is 3. The summed E-state index contributed by atoms with van der Waals surface area (Å²) in [6.45, 7) is 0. The highest BCUT2D eigenvalue weighted by Gasteiger charge is 2.31. The topological polar surface area (TPSA) is 108 Å². The van der Waals surface area contributed by atoms with E-state index in [2.05, 4.69) is 15.3 Å². The molecule has 0 unspecified atom stereocenters. The molecule has 3 rings (SSSR count). The Balaban J connectivity index is 1.84.